The van der Waals surface area contributed by atoms with E-state index in [-0.39, 0.29) is 11.5 Å². The normalized spacial score (nSPS) is 10.7. The van der Waals surface area contributed by atoms with Crippen molar-refractivity contribution in [2.75, 3.05) is 6.61 Å². The van der Waals surface area contributed by atoms with E-state index in [4.69, 9.17) is 9.66 Å². The van der Waals surface area contributed by atoms with E-state index in [9.17, 15) is 8.42 Å². The summed E-state index contributed by atoms with van der Waals surface area (Å²) < 4.78 is 30.7. The molecule has 4 nitrogen and oxygen atoms in total. The molecule has 0 bridgehead atoms. The second kappa shape index (κ2) is 9.05. The van der Waals surface area contributed by atoms with Gasteiger partial charge in [0.25, 0.3) is 10.1 Å². The van der Waals surface area contributed by atoms with E-state index in [2.05, 4.69) is 28.1 Å². The third-order valence-corrected chi connectivity index (χ3v) is 4.19. The largest absolute Gasteiger partial charge is 0.396 e. The van der Waals surface area contributed by atoms with E-state index in [1.807, 2.05) is 19.1 Å². The Labute approximate surface area is 139 Å². The Morgan fingerprint density at radius 3 is 2.23 bits per heavy atom. The predicted octanol–water partition coefficient (Wildman–Crippen LogP) is 3.62. The number of halogens is 1. The molecule has 0 aromatic heterocycles. The molecule has 120 valence electrons. The molecule has 0 aliphatic rings. The lowest BCUT2D eigenvalue weighted by molar-refractivity contribution is 0.288. The van der Waals surface area contributed by atoms with Gasteiger partial charge in [0.15, 0.2) is 0 Å². The van der Waals surface area contributed by atoms with Crippen LogP contribution in [0.3, 0.4) is 0 Å². The Morgan fingerprint density at radius 2 is 1.73 bits per heavy atom. The van der Waals surface area contributed by atoms with Crippen LogP contribution in [0.1, 0.15) is 17.5 Å². The summed E-state index contributed by atoms with van der Waals surface area (Å²) in [5, 5.41) is 8.59. The quantitative estimate of drug-likeness (QED) is 0.786. The zero-order chi connectivity index (χ0) is 16.6. The van der Waals surface area contributed by atoms with Crippen LogP contribution in [0.5, 0.6) is 0 Å². The Morgan fingerprint density at radius 1 is 1.09 bits per heavy atom. The van der Waals surface area contributed by atoms with E-state index in [0.717, 1.165) is 22.9 Å². The summed E-state index contributed by atoms with van der Waals surface area (Å²) in [4.78, 5) is -0.0666. The summed E-state index contributed by atoms with van der Waals surface area (Å²) in [6.07, 6.45) is 1.80. The zero-order valence-corrected chi connectivity index (χ0v) is 14.6. The van der Waals surface area contributed by atoms with Crippen LogP contribution < -0.4 is 0 Å². The van der Waals surface area contributed by atoms with Crippen molar-refractivity contribution in [2.45, 2.75) is 24.7 Å². The summed E-state index contributed by atoms with van der Waals surface area (Å²) in [6, 6.07) is 14.1. The standard InChI is InChI=1S/C9H11BrO.C7H8O3S/c10-9-5-1-3-8(7-9)4-2-6-11;1-6-2-4-7(5-3-6)11(8,9)10/h1,3,5,7,11H,2,4,6H2;2-5H,1H3,(H,8,9,10). The maximum atomic E-state index is 10.5. The molecular formula is C16H19BrO4S. The minimum Gasteiger partial charge on any atom is -0.396 e. The highest BCUT2D eigenvalue weighted by atomic mass is 79.9. The highest BCUT2D eigenvalue weighted by Gasteiger charge is 2.06. The lowest BCUT2D eigenvalue weighted by atomic mass is 10.1. The molecule has 0 amide bonds. The molecule has 0 aliphatic heterocycles. The number of hydrogen-bond acceptors (Lipinski definition) is 3. The average molecular weight is 387 g/mol. The molecule has 6 heteroatoms. The Balaban J connectivity index is 0.000000220. The van der Waals surface area contributed by atoms with Crippen molar-refractivity contribution in [1.29, 1.82) is 0 Å². The Bertz CT molecular complexity index is 682. The molecule has 0 spiro atoms. The van der Waals surface area contributed by atoms with Gasteiger partial charge in [-0.1, -0.05) is 45.8 Å². The van der Waals surface area contributed by atoms with Crippen molar-refractivity contribution in [3.63, 3.8) is 0 Å². The smallest absolute Gasteiger partial charge is 0.294 e. The van der Waals surface area contributed by atoms with Gasteiger partial charge in [0.1, 0.15) is 0 Å². The molecule has 0 heterocycles. The van der Waals surface area contributed by atoms with E-state index in [0.29, 0.717) is 0 Å². The van der Waals surface area contributed by atoms with Gasteiger partial charge in [-0.15, -0.1) is 0 Å². The van der Waals surface area contributed by atoms with Gasteiger partial charge >= 0.3 is 0 Å². The van der Waals surface area contributed by atoms with Gasteiger partial charge in [0.2, 0.25) is 0 Å². The number of aliphatic hydroxyl groups excluding tert-OH is 1. The van der Waals surface area contributed by atoms with Gasteiger partial charge in [0.05, 0.1) is 4.90 Å². The number of rotatable bonds is 4. The highest BCUT2D eigenvalue weighted by Crippen LogP contribution is 2.12. The summed E-state index contributed by atoms with van der Waals surface area (Å²) in [7, 11) is -4.02. The molecule has 2 rings (SSSR count). The molecule has 0 saturated carbocycles. The Hall–Kier alpha value is -1.21. The van der Waals surface area contributed by atoms with Crippen LogP contribution >= 0.6 is 15.9 Å². The van der Waals surface area contributed by atoms with Crippen molar-refractivity contribution >= 4 is 26.0 Å². The maximum absolute atomic E-state index is 10.5. The predicted molar refractivity (Wildman–Crippen MR) is 90.5 cm³/mol. The second-order valence-electron chi connectivity index (χ2n) is 4.75. The molecule has 0 radical (unpaired) electrons. The van der Waals surface area contributed by atoms with Crippen LogP contribution in [0.2, 0.25) is 0 Å². The van der Waals surface area contributed by atoms with Crippen molar-refractivity contribution < 1.29 is 18.1 Å². The SMILES string of the molecule is Cc1ccc(S(=O)(=O)O)cc1.OCCCc1cccc(Br)c1. The zero-order valence-electron chi connectivity index (χ0n) is 12.2. The van der Waals surface area contributed by atoms with Gasteiger partial charge in [0, 0.05) is 11.1 Å². The summed E-state index contributed by atoms with van der Waals surface area (Å²) in [6.45, 7) is 2.11. The third-order valence-electron chi connectivity index (χ3n) is 2.83. The van der Waals surface area contributed by atoms with E-state index in [1.54, 1.807) is 12.1 Å². The second-order valence-corrected chi connectivity index (χ2v) is 7.08. The molecule has 0 unspecified atom stereocenters. The minimum absolute atomic E-state index is 0.0666. The summed E-state index contributed by atoms with van der Waals surface area (Å²) in [5.41, 5.74) is 2.23. The molecule has 22 heavy (non-hydrogen) atoms. The fourth-order valence-electron chi connectivity index (χ4n) is 1.69. The summed E-state index contributed by atoms with van der Waals surface area (Å²) >= 11 is 3.39. The van der Waals surface area contributed by atoms with Gasteiger partial charge in [-0.05, 0) is 49.6 Å². The number of aryl methyl sites for hydroxylation is 2. The fourth-order valence-corrected chi connectivity index (χ4v) is 2.61. The lowest BCUT2D eigenvalue weighted by Gasteiger charge is -1.98. The highest BCUT2D eigenvalue weighted by molar-refractivity contribution is 9.10. The van der Waals surface area contributed by atoms with Gasteiger partial charge in [-0.3, -0.25) is 4.55 Å². The third kappa shape index (κ3) is 7.17. The first-order valence-electron chi connectivity index (χ1n) is 6.72. The summed E-state index contributed by atoms with van der Waals surface area (Å²) in [5.74, 6) is 0. The van der Waals surface area contributed by atoms with Crippen LogP contribution in [0.15, 0.2) is 57.9 Å². The Kier molecular flexibility index (Phi) is 7.75. The molecule has 0 fully saturated rings. The minimum atomic E-state index is -4.02. The van der Waals surface area contributed by atoms with Crippen molar-refractivity contribution in [3.8, 4) is 0 Å². The van der Waals surface area contributed by atoms with Crippen molar-refractivity contribution in [1.82, 2.24) is 0 Å². The van der Waals surface area contributed by atoms with Crippen LogP contribution in [0.4, 0.5) is 0 Å². The maximum Gasteiger partial charge on any atom is 0.294 e. The molecule has 0 aliphatic carbocycles. The lowest BCUT2D eigenvalue weighted by Crippen LogP contribution is -1.96. The fraction of sp³-hybridized carbons (Fsp3) is 0.250. The average Bonchev–Trinajstić information content (AvgIpc) is 2.45. The molecular weight excluding hydrogens is 368 g/mol. The first-order chi connectivity index (χ1) is 10.3. The molecule has 2 N–H and O–H groups in total. The van der Waals surface area contributed by atoms with Crippen molar-refractivity contribution in [2.24, 2.45) is 0 Å². The van der Waals surface area contributed by atoms with Gasteiger partial charge in [-0.25, -0.2) is 0 Å². The monoisotopic (exact) mass is 386 g/mol. The van der Waals surface area contributed by atoms with Crippen LogP contribution in [-0.4, -0.2) is 24.7 Å². The molecule has 2 aromatic rings. The molecule has 2 aromatic carbocycles. The first-order valence-corrected chi connectivity index (χ1v) is 8.95. The molecule has 0 atom stereocenters. The van der Waals surface area contributed by atoms with E-state index >= 15 is 0 Å². The molecule has 0 saturated heterocycles. The van der Waals surface area contributed by atoms with E-state index < -0.39 is 10.1 Å². The van der Waals surface area contributed by atoms with E-state index in [1.165, 1.54) is 17.7 Å². The van der Waals surface area contributed by atoms with Crippen LogP contribution in [0, 0.1) is 6.92 Å². The van der Waals surface area contributed by atoms with Crippen LogP contribution in [-0.2, 0) is 16.5 Å². The van der Waals surface area contributed by atoms with Gasteiger partial charge < -0.3 is 5.11 Å². The number of aliphatic hydroxyl groups is 1. The topological polar surface area (TPSA) is 74.6 Å². The number of benzene rings is 2. The number of hydrogen-bond donors (Lipinski definition) is 2. The van der Waals surface area contributed by atoms with Gasteiger partial charge in [-0.2, -0.15) is 8.42 Å². The van der Waals surface area contributed by atoms with Crippen LogP contribution in [0.25, 0.3) is 0 Å². The first kappa shape index (κ1) is 18.8. The van der Waals surface area contributed by atoms with Crippen molar-refractivity contribution in [3.05, 3.63) is 64.1 Å².